The monoisotopic (exact) mass is 293 g/mol. The van der Waals surface area contributed by atoms with E-state index in [0.29, 0.717) is 31.5 Å². The van der Waals surface area contributed by atoms with E-state index in [4.69, 9.17) is 5.11 Å². The summed E-state index contributed by atoms with van der Waals surface area (Å²) in [5.74, 6) is -1.21. The number of hydrogen-bond donors (Lipinski definition) is 1. The van der Waals surface area contributed by atoms with Gasteiger partial charge in [-0.15, -0.1) is 0 Å². The Morgan fingerprint density at radius 1 is 1.14 bits per heavy atom. The van der Waals surface area contributed by atoms with Crippen LogP contribution in [0.3, 0.4) is 0 Å². The largest absolute Gasteiger partial charge is 0.465 e. The molecule has 1 amide bonds. The summed E-state index contributed by atoms with van der Waals surface area (Å²) in [6.07, 6.45) is -0.309. The third-order valence-electron chi connectivity index (χ3n) is 3.72. The quantitative estimate of drug-likeness (QED) is 0.683. The number of carbonyl (C=O) groups is 3. The van der Waals surface area contributed by atoms with E-state index in [0.717, 1.165) is 0 Å². The Morgan fingerprint density at radius 3 is 2.24 bits per heavy atom. The lowest BCUT2D eigenvalue weighted by atomic mass is 9.89. The maximum atomic E-state index is 12.8. The number of amides is 1. The molecule has 1 heterocycles. The Hall–Kier alpha value is -2.24. The molecule has 21 heavy (non-hydrogen) atoms. The summed E-state index contributed by atoms with van der Waals surface area (Å²) in [6.45, 7) is 0.632. The fourth-order valence-electron chi connectivity index (χ4n) is 2.43. The second kappa shape index (κ2) is 6.47. The van der Waals surface area contributed by atoms with Gasteiger partial charge >= 0.3 is 6.09 Å². The van der Waals surface area contributed by atoms with Crippen molar-refractivity contribution in [3.63, 3.8) is 0 Å². The van der Waals surface area contributed by atoms with Crippen molar-refractivity contribution in [1.82, 2.24) is 4.90 Å². The zero-order valence-corrected chi connectivity index (χ0v) is 11.4. The van der Waals surface area contributed by atoms with Crippen molar-refractivity contribution in [3.05, 3.63) is 35.6 Å². The van der Waals surface area contributed by atoms with Crippen molar-refractivity contribution < 1.29 is 23.9 Å². The van der Waals surface area contributed by atoms with Crippen LogP contribution in [0.1, 0.15) is 29.6 Å². The fraction of sp³-hybridized carbons (Fsp3) is 0.400. The van der Waals surface area contributed by atoms with E-state index in [-0.39, 0.29) is 23.9 Å². The normalized spacial score (nSPS) is 15.8. The molecule has 0 atom stereocenters. The zero-order valence-electron chi connectivity index (χ0n) is 11.4. The summed E-state index contributed by atoms with van der Waals surface area (Å²) in [7, 11) is 0. The molecule has 1 saturated heterocycles. The summed E-state index contributed by atoms with van der Waals surface area (Å²) < 4.78 is 12.8. The van der Waals surface area contributed by atoms with Gasteiger partial charge in [0.15, 0.2) is 5.78 Å². The van der Waals surface area contributed by atoms with Crippen LogP contribution < -0.4 is 0 Å². The summed E-state index contributed by atoms with van der Waals surface area (Å²) >= 11 is 0. The first-order valence-electron chi connectivity index (χ1n) is 6.76. The van der Waals surface area contributed by atoms with Gasteiger partial charge in [-0.25, -0.2) is 9.18 Å². The number of carbonyl (C=O) groups excluding carboxylic acids is 2. The molecule has 1 N–H and O–H groups in total. The van der Waals surface area contributed by atoms with Crippen molar-refractivity contribution in [2.75, 3.05) is 13.1 Å². The summed E-state index contributed by atoms with van der Waals surface area (Å²) in [5, 5.41) is 8.84. The van der Waals surface area contributed by atoms with Gasteiger partial charge in [-0.3, -0.25) is 9.59 Å². The standard InChI is InChI=1S/C15H16FNO4/c16-12-3-1-10(2-4-12)13(18)9-14(19)11-5-7-17(8-6-11)15(20)21/h1-4,11H,5-9H2,(H,20,21). The van der Waals surface area contributed by atoms with Crippen LogP contribution in [0.2, 0.25) is 0 Å². The van der Waals surface area contributed by atoms with Crippen LogP contribution in [-0.4, -0.2) is 40.8 Å². The van der Waals surface area contributed by atoms with E-state index in [1.165, 1.54) is 29.2 Å². The molecular formula is C15H16FNO4. The maximum Gasteiger partial charge on any atom is 0.407 e. The molecule has 0 unspecified atom stereocenters. The van der Waals surface area contributed by atoms with E-state index in [2.05, 4.69) is 0 Å². The smallest absolute Gasteiger partial charge is 0.407 e. The molecule has 2 rings (SSSR count). The molecule has 1 aliphatic rings. The van der Waals surface area contributed by atoms with Crippen molar-refractivity contribution in [2.45, 2.75) is 19.3 Å². The highest BCUT2D eigenvalue weighted by Crippen LogP contribution is 2.20. The van der Waals surface area contributed by atoms with Crippen molar-refractivity contribution in [1.29, 1.82) is 0 Å². The molecule has 0 bridgehead atoms. The number of carboxylic acid groups (broad SMARTS) is 1. The van der Waals surface area contributed by atoms with Crippen LogP contribution in [0.4, 0.5) is 9.18 Å². The summed E-state index contributed by atoms with van der Waals surface area (Å²) in [5.41, 5.74) is 0.313. The topological polar surface area (TPSA) is 74.7 Å². The lowest BCUT2D eigenvalue weighted by Crippen LogP contribution is -2.39. The number of halogens is 1. The lowest BCUT2D eigenvalue weighted by Gasteiger charge is -2.29. The minimum atomic E-state index is -0.983. The number of benzene rings is 1. The van der Waals surface area contributed by atoms with Gasteiger partial charge in [0.1, 0.15) is 11.6 Å². The van der Waals surface area contributed by atoms with E-state index < -0.39 is 11.9 Å². The summed E-state index contributed by atoms with van der Waals surface area (Å²) in [4.78, 5) is 36.0. The Kier molecular flexibility index (Phi) is 4.67. The Morgan fingerprint density at radius 2 is 1.71 bits per heavy atom. The van der Waals surface area contributed by atoms with Crippen molar-refractivity contribution >= 4 is 17.7 Å². The van der Waals surface area contributed by atoms with Crippen LogP contribution in [0.25, 0.3) is 0 Å². The maximum absolute atomic E-state index is 12.8. The van der Waals surface area contributed by atoms with E-state index in [9.17, 15) is 18.8 Å². The van der Waals surface area contributed by atoms with Gasteiger partial charge in [-0.1, -0.05) is 0 Å². The van der Waals surface area contributed by atoms with Gasteiger partial charge in [0.2, 0.25) is 0 Å². The number of nitrogens with zero attached hydrogens (tertiary/aromatic N) is 1. The summed E-state index contributed by atoms with van der Waals surface area (Å²) in [6, 6.07) is 5.09. The first kappa shape index (κ1) is 15.2. The molecule has 0 radical (unpaired) electrons. The van der Waals surface area contributed by atoms with E-state index >= 15 is 0 Å². The number of likely N-dealkylation sites (tertiary alicyclic amines) is 1. The van der Waals surface area contributed by atoms with Gasteiger partial charge in [0.25, 0.3) is 0 Å². The average Bonchev–Trinajstić information content (AvgIpc) is 2.47. The third-order valence-corrected chi connectivity index (χ3v) is 3.72. The highest BCUT2D eigenvalue weighted by Gasteiger charge is 2.28. The molecular weight excluding hydrogens is 277 g/mol. The van der Waals surface area contributed by atoms with E-state index in [1.54, 1.807) is 0 Å². The SMILES string of the molecule is O=C(CC(=O)C1CCN(C(=O)O)CC1)c1ccc(F)cc1. The highest BCUT2D eigenvalue weighted by atomic mass is 19.1. The van der Waals surface area contributed by atoms with Crippen LogP contribution in [0, 0.1) is 11.7 Å². The van der Waals surface area contributed by atoms with Gasteiger partial charge in [-0.2, -0.15) is 0 Å². The average molecular weight is 293 g/mol. The number of hydrogen-bond acceptors (Lipinski definition) is 3. The predicted molar refractivity (Wildman–Crippen MR) is 72.7 cm³/mol. The molecule has 1 aliphatic heterocycles. The predicted octanol–water partition coefficient (Wildman–Crippen LogP) is 2.36. The van der Waals surface area contributed by atoms with Gasteiger partial charge in [-0.05, 0) is 37.1 Å². The highest BCUT2D eigenvalue weighted by molar-refractivity contribution is 6.08. The molecule has 0 spiro atoms. The zero-order chi connectivity index (χ0) is 15.4. The second-order valence-electron chi connectivity index (χ2n) is 5.12. The van der Waals surface area contributed by atoms with Crippen LogP contribution >= 0.6 is 0 Å². The fourth-order valence-corrected chi connectivity index (χ4v) is 2.43. The molecule has 0 aromatic heterocycles. The molecule has 0 aliphatic carbocycles. The third kappa shape index (κ3) is 3.87. The van der Waals surface area contributed by atoms with Gasteiger partial charge in [0, 0.05) is 24.6 Å². The molecule has 1 fully saturated rings. The Bertz CT molecular complexity index is 547. The minimum Gasteiger partial charge on any atom is -0.465 e. The van der Waals surface area contributed by atoms with Crippen LogP contribution in [0.5, 0.6) is 0 Å². The first-order valence-corrected chi connectivity index (χ1v) is 6.76. The molecule has 1 aromatic rings. The van der Waals surface area contributed by atoms with Crippen molar-refractivity contribution in [3.8, 4) is 0 Å². The minimum absolute atomic E-state index is 0.172. The number of ketones is 2. The second-order valence-corrected chi connectivity index (χ2v) is 5.12. The first-order chi connectivity index (χ1) is 9.97. The van der Waals surface area contributed by atoms with Crippen molar-refractivity contribution in [2.24, 2.45) is 5.92 Å². The number of piperidine rings is 1. The molecule has 112 valence electrons. The Labute approximate surface area is 121 Å². The molecule has 1 aromatic carbocycles. The van der Waals surface area contributed by atoms with Gasteiger partial charge in [0.05, 0.1) is 6.42 Å². The molecule has 5 nitrogen and oxygen atoms in total. The number of Topliss-reactive ketones (excluding diaryl/α,β-unsaturated/α-hetero) is 2. The van der Waals surface area contributed by atoms with Crippen LogP contribution in [0.15, 0.2) is 24.3 Å². The van der Waals surface area contributed by atoms with Crippen LogP contribution in [-0.2, 0) is 4.79 Å². The van der Waals surface area contributed by atoms with E-state index in [1.807, 2.05) is 0 Å². The number of rotatable bonds is 4. The molecule has 0 saturated carbocycles. The Balaban J connectivity index is 1.89. The molecule has 6 heteroatoms. The lowest BCUT2D eigenvalue weighted by molar-refractivity contribution is -0.123. The van der Waals surface area contributed by atoms with Gasteiger partial charge < -0.3 is 10.0 Å².